The van der Waals surface area contributed by atoms with E-state index < -0.39 is 0 Å². The Morgan fingerprint density at radius 2 is 1.86 bits per heavy atom. The number of benzene rings is 1. The second kappa shape index (κ2) is 7.81. The van der Waals surface area contributed by atoms with Crippen molar-refractivity contribution >= 4 is 23.4 Å². The van der Waals surface area contributed by atoms with Gasteiger partial charge >= 0.3 is 0 Å². The van der Waals surface area contributed by atoms with E-state index in [1.807, 2.05) is 44.4 Å². The fourth-order valence-corrected chi connectivity index (χ4v) is 1.85. The minimum Gasteiger partial charge on any atom is -0.366 e. The number of rotatable bonds is 7. The molecule has 0 atom stereocenters. The first-order valence-corrected chi connectivity index (χ1v) is 7.21. The van der Waals surface area contributed by atoms with Gasteiger partial charge in [0.2, 0.25) is 5.95 Å². The molecule has 0 spiro atoms. The first-order chi connectivity index (χ1) is 10.1. The third-order valence-corrected chi connectivity index (χ3v) is 3.14. The maximum Gasteiger partial charge on any atom is 0.224 e. The lowest BCUT2D eigenvalue weighted by molar-refractivity contribution is 0.425. The summed E-state index contributed by atoms with van der Waals surface area (Å²) in [5, 5.41) is 7.22. The molecule has 0 radical (unpaired) electrons. The van der Waals surface area contributed by atoms with Gasteiger partial charge in [-0.25, -0.2) is 4.98 Å². The van der Waals surface area contributed by atoms with Crippen LogP contribution >= 0.6 is 11.6 Å². The maximum atomic E-state index is 5.87. The molecule has 2 rings (SSSR count). The lowest BCUT2D eigenvalue weighted by atomic mass is 10.2. The van der Waals surface area contributed by atoms with E-state index in [2.05, 4.69) is 25.5 Å². The minimum absolute atomic E-state index is 0.637. The summed E-state index contributed by atoms with van der Waals surface area (Å²) in [6.45, 7) is 2.45. The molecule has 0 aliphatic heterocycles. The average Bonchev–Trinajstić information content (AvgIpc) is 2.47. The van der Waals surface area contributed by atoms with Gasteiger partial charge < -0.3 is 15.5 Å². The molecule has 0 unspecified atom stereocenters. The van der Waals surface area contributed by atoms with Gasteiger partial charge in [0.1, 0.15) is 5.82 Å². The van der Waals surface area contributed by atoms with Crippen LogP contribution in [0.15, 0.2) is 36.5 Å². The molecule has 0 amide bonds. The smallest absolute Gasteiger partial charge is 0.224 e. The fraction of sp³-hybridized carbons (Fsp3) is 0.333. The molecule has 5 nitrogen and oxygen atoms in total. The van der Waals surface area contributed by atoms with Gasteiger partial charge in [-0.2, -0.15) is 4.98 Å². The zero-order valence-electron chi connectivity index (χ0n) is 12.3. The summed E-state index contributed by atoms with van der Waals surface area (Å²) in [5.74, 6) is 1.44. The quantitative estimate of drug-likeness (QED) is 0.824. The van der Waals surface area contributed by atoms with Gasteiger partial charge in [0.25, 0.3) is 0 Å². The van der Waals surface area contributed by atoms with Gasteiger partial charge in [0.05, 0.1) is 0 Å². The predicted octanol–water partition coefficient (Wildman–Crippen LogP) is 2.72. The summed E-state index contributed by atoms with van der Waals surface area (Å²) in [6.07, 6.45) is 1.75. The van der Waals surface area contributed by atoms with Crippen LogP contribution in [0.5, 0.6) is 0 Å². The first kappa shape index (κ1) is 15.5. The number of hydrogen-bond donors (Lipinski definition) is 2. The van der Waals surface area contributed by atoms with Gasteiger partial charge in [0.15, 0.2) is 0 Å². The number of anilines is 2. The summed E-state index contributed by atoms with van der Waals surface area (Å²) >= 11 is 5.87. The minimum atomic E-state index is 0.637. The molecule has 1 aromatic carbocycles. The van der Waals surface area contributed by atoms with Crippen LogP contribution in [-0.2, 0) is 6.54 Å². The number of halogens is 1. The summed E-state index contributed by atoms with van der Waals surface area (Å²) < 4.78 is 0. The Bertz CT molecular complexity index is 556. The number of aromatic nitrogens is 2. The van der Waals surface area contributed by atoms with Crippen LogP contribution in [0.2, 0.25) is 5.02 Å². The molecule has 0 aliphatic carbocycles. The molecule has 0 bridgehead atoms. The van der Waals surface area contributed by atoms with Crippen LogP contribution in [0.25, 0.3) is 0 Å². The molecular formula is C15H20ClN5. The average molecular weight is 306 g/mol. The summed E-state index contributed by atoms with van der Waals surface area (Å²) in [6, 6.07) is 9.60. The van der Waals surface area contributed by atoms with Crippen LogP contribution in [0.1, 0.15) is 5.56 Å². The molecule has 2 aromatic rings. The molecule has 21 heavy (non-hydrogen) atoms. The summed E-state index contributed by atoms with van der Waals surface area (Å²) in [7, 11) is 4.07. The van der Waals surface area contributed by atoms with Gasteiger partial charge in [-0.05, 0) is 37.9 Å². The highest BCUT2D eigenvalue weighted by Crippen LogP contribution is 2.11. The highest BCUT2D eigenvalue weighted by atomic mass is 35.5. The van der Waals surface area contributed by atoms with Crippen LogP contribution in [0, 0.1) is 0 Å². The van der Waals surface area contributed by atoms with Crippen molar-refractivity contribution in [3.8, 4) is 0 Å². The topological polar surface area (TPSA) is 53.1 Å². The third kappa shape index (κ3) is 5.57. The van der Waals surface area contributed by atoms with Crippen LogP contribution < -0.4 is 10.6 Å². The van der Waals surface area contributed by atoms with Crippen molar-refractivity contribution in [3.05, 3.63) is 47.1 Å². The fourth-order valence-electron chi connectivity index (χ4n) is 1.73. The van der Waals surface area contributed by atoms with E-state index in [9.17, 15) is 0 Å². The van der Waals surface area contributed by atoms with Gasteiger partial charge in [-0.15, -0.1) is 0 Å². The van der Waals surface area contributed by atoms with Crippen LogP contribution in [0.3, 0.4) is 0 Å². The van der Waals surface area contributed by atoms with Crippen molar-refractivity contribution in [2.45, 2.75) is 6.54 Å². The monoisotopic (exact) mass is 305 g/mol. The lowest BCUT2D eigenvalue weighted by Gasteiger charge is -2.11. The number of nitrogens with zero attached hydrogens (tertiary/aromatic N) is 3. The Balaban J connectivity index is 1.87. The third-order valence-electron chi connectivity index (χ3n) is 2.88. The van der Waals surface area contributed by atoms with Crippen molar-refractivity contribution in [2.24, 2.45) is 0 Å². The Morgan fingerprint density at radius 3 is 2.57 bits per heavy atom. The van der Waals surface area contributed by atoms with Gasteiger partial charge in [-0.3, -0.25) is 0 Å². The van der Waals surface area contributed by atoms with Crippen molar-refractivity contribution in [2.75, 3.05) is 37.8 Å². The van der Waals surface area contributed by atoms with E-state index in [4.69, 9.17) is 11.6 Å². The molecule has 6 heteroatoms. The molecule has 1 aromatic heterocycles. The number of nitrogens with one attached hydrogen (secondary N) is 2. The summed E-state index contributed by atoms with van der Waals surface area (Å²) in [5.41, 5.74) is 1.15. The van der Waals surface area contributed by atoms with Crippen molar-refractivity contribution in [1.82, 2.24) is 14.9 Å². The highest BCUT2D eigenvalue weighted by Gasteiger charge is 2.00. The maximum absolute atomic E-state index is 5.87. The highest BCUT2D eigenvalue weighted by molar-refractivity contribution is 6.30. The summed E-state index contributed by atoms with van der Waals surface area (Å²) in [4.78, 5) is 10.7. The predicted molar refractivity (Wildman–Crippen MR) is 87.9 cm³/mol. The Labute approximate surface area is 130 Å². The number of hydrogen-bond acceptors (Lipinski definition) is 5. The molecule has 0 aliphatic rings. The molecule has 0 saturated carbocycles. The zero-order valence-corrected chi connectivity index (χ0v) is 13.1. The SMILES string of the molecule is CN(C)CCNc1nccc(NCc2ccc(Cl)cc2)n1. The van der Waals surface area contributed by atoms with Gasteiger partial charge in [-0.1, -0.05) is 23.7 Å². The molecule has 112 valence electrons. The normalized spacial score (nSPS) is 10.7. The van der Waals surface area contributed by atoms with E-state index >= 15 is 0 Å². The van der Waals surface area contributed by atoms with E-state index in [0.29, 0.717) is 12.5 Å². The molecule has 0 saturated heterocycles. The van der Waals surface area contributed by atoms with E-state index in [0.717, 1.165) is 29.5 Å². The van der Waals surface area contributed by atoms with E-state index in [1.54, 1.807) is 6.20 Å². The molecule has 1 heterocycles. The van der Waals surface area contributed by atoms with Crippen LogP contribution in [-0.4, -0.2) is 42.1 Å². The standard InChI is InChI=1S/C15H20ClN5/c1-21(2)10-9-18-15-17-8-7-14(20-15)19-11-12-3-5-13(16)6-4-12/h3-8H,9-11H2,1-2H3,(H2,17,18,19,20). The Morgan fingerprint density at radius 1 is 1.10 bits per heavy atom. The van der Waals surface area contributed by atoms with E-state index in [1.165, 1.54) is 0 Å². The zero-order chi connectivity index (χ0) is 15.1. The molecular weight excluding hydrogens is 286 g/mol. The van der Waals surface area contributed by atoms with Crippen molar-refractivity contribution < 1.29 is 0 Å². The molecule has 0 fully saturated rings. The van der Waals surface area contributed by atoms with Crippen molar-refractivity contribution in [3.63, 3.8) is 0 Å². The van der Waals surface area contributed by atoms with E-state index in [-0.39, 0.29) is 0 Å². The Hall–Kier alpha value is -1.85. The second-order valence-electron chi connectivity index (χ2n) is 4.98. The van der Waals surface area contributed by atoms with Crippen molar-refractivity contribution in [1.29, 1.82) is 0 Å². The second-order valence-corrected chi connectivity index (χ2v) is 5.41. The molecule has 2 N–H and O–H groups in total. The number of likely N-dealkylation sites (N-methyl/N-ethyl adjacent to an activating group) is 1. The largest absolute Gasteiger partial charge is 0.366 e. The first-order valence-electron chi connectivity index (χ1n) is 6.83. The Kier molecular flexibility index (Phi) is 5.78. The van der Waals surface area contributed by atoms with Crippen LogP contribution in [0.4, 0.5) is 11.8 Å². The lowest BCUT2D eigenvalue weighted by Crippen LogP contribution is -2.21. The van der Waals surface area contributed by atoms with Gasteiger partial charge in [0, 0.05) is 30.9 Å².